The molecule has 126 valence electrons. The molecule has 0 spiro atoms. The van der Waals surface area contributed by atoms with Gasteiger partial charge in [0.25, 0.3) is 0 Å². The molecule has 0 aromatic rings. The van der Waals surface area contributed by atoms with E-state index in [-0.39, 0.29) is 0 Å². The van der Waals surface area contributed by atoms with Gasteiger partial charge in [0.15, 0.2) is 0 Å². The van der Waals surface area contributed by atoms with Gasteiger partial charge in [-0.2, -0.15) is 39.5 Å². The summed E-state index contributed by atoms with van der Waals surface area (Å²) in [4.78, 5) is 0. The van der Waals surface area contributed by atoms with Crippen LogP contribution >= 0.6 is 0 Å². The Hall–Kier alpha value is -0.790. The predicted octanol–water partition coefficient (Wildman–Crippen LogP) is -0.304. The summed E-state index contributed by atoms with van der Waals surface area (Å²) in [5, 5.41) is 33.5. The maximum absolute atomic E-state index is 12.4. The molecule has 1 fully saturated rings. The fourth-order valence-electron chi connectivity index (χ4n) is 1.67. The van der Waals surface area contributed by atoms with Crippen molar-refractivity contribution < 1.29 is 59.6 Å². The highest BCUT2D eigenvalue weighted by atomic mass is 19.4. The van der Waals surface area contributed by atoms with Gasteiger partial charge in [0.2, 0.25) is 0 Å². The van der Waals surface area contributed by atoms with Crippen LogP contribution in [0.25, 0.3) is 0 Å². The summed E-state index contributed by atoms with van der Waals surface area (Å²) >= 11 is 0. The van der Waals surface area contributed by atoms with E-state index in [1.165, 1.54) is 0 Å². The van der Waals surface area contributed by atoms with E-state index in [2.05, 4.69) is 4.74 Å². The van der Waals surface area contributed by atoms with Crippen LogP contribution in [-0.4, -0.2) is 35.7 Å². The van der Waals surface area contributed by atoms with Crippen LogP contribution < -0.4 is 15.3 Å². The van der Waals surface area contributed by atoms with E-state index in [4.69, 9.17) is 0 Å². The first kappa shape index (κ1) is 18.3. The molecule has 1 aliphatic heterocycles. The molecule has 1 rings (SSSR count). The minimum absolute atomic E-state index is 2.82. The van der Waals surface area contributed by atoms with Crippen molar-refractivity contribution in [3.8, 4) is 0 Å². The Morgan fingerprint density at radius 2 is 0.905 bits per heavy atom. The molecule has 0 bridgehead atoms. The predicted molar refractivity (Wildman–Crippen MR) is 36.7 cm³/mol. The summed E-state index contributed by atoms with van der Waals surface area (Å²) < 4.78 is 114. The second-order valence-corrected chi connectivity index (χ2v) is 4.45. The number of halogens is 9. The Labute approximate surface area is 109 Å². The number of rotatable bonds is 0. The topological polar surface area (TPSA) is 78.4 Å². The van der Waals surface area contributed by atoms with Crippen LogP contribution in [0.1, 0.15) is 12.8 Å². The summed E-state index contributed by atoms with van der Waals surface area (Å²) in [6.45, 7) is 0. The van der Waals surface area contributed by atoms with Gasteiger partial charge in [-0.25, -0.2) is 0 Å². The van der Waals surface area contributed by atoms with Crippen molar-refractivity contribution in [2.45, 2.75) is 48.5 Å². The maximum atomic E-state index is 12.4. The standard InChI is InChI=1S/C8H4F9O4/c9-6(10,11)3(18)1-4(19,7(12,13)14)21-5(20,2-3)8(15,16)17/h1-2H2/q-3/t3?,4-,5+. The van der Waals surface area contributed by atoms with Gasteiger partial charge in [0.05, 0.1) is 11.6 Å². The van der Waals surface area contributed by atoms with Crippen molar-refractivity contribution in [1.29, 1.82) is 0 Å². The van der Waals surface area contributed by atoms with Crippen LogP contribution in [0.4, 0.5) is 39.5 Å². The maximum Gasteiger partial charge on any atom is 0.402 e. The van der Waals surface area contributed by atoms with E-state index in [1.54, 1.807) is 0 Å². The van der Waals surface area contributed by atoms with Crippen LogP contribution in [-0.2, 0) is 4.74 Å². The Morgan fingerprint density at radius 3 is 1.10 bits per heavy atom. The molecule has 0 saturated carbocycles. The van der Waals surface area contributed by atoms with E-state index < -0.39 is 48.5 Å². The summed E-state index contributed by atoms with van der Waals surface area (Å²) in [5.74, 6) is -10.8. The number of hydrogen-bond acceptors (Lipinski definition) is 4. The Balaban J connectivity index is 3.44. The number of ether oxygens (including phenoxy) is 1. The Bertz CT molecular complexity index is 342. The van der Waals surface area contributed by atoms with Gasteiger partial charge in [-0.3, -0.25) is 0 Å². The van der Waals surface area contributed by atoms with Gasteiger partial charge in [0, 0.05) is 0 Å². The summed E-state index contributed by atoms with van der Waals surface area (Å²) in [6, 6.07) is 0. The molecule has 1 unspecified atom stereocenters. The van der Waals surface area contributed by atoms with Gasteiger partial charge in [-0.15, -0.1) is 0 Å². The van der Waals surface area contributed by atoms with E-state index >= 15 is 0 Å². The first-order valence-corrected chi connectivity index (χ1v) is 4.89. The molecule has 13 heteroatoms. The average Bonchev–Trinajstić information content (AvgIpc) is 2.09. The largest absolute Gasteiger partial charge is 0.843 e. The van der Waals surface area contributed by atoms with Crippen LogP contribution in [0, 0.1) is 0 Å². The zero-order valence-electron chi connectivity index (χ0n) is 9.45. The fourth-order valence-corrected chi connectivity index (χ4v) is 1.67. The lowest BCUT2D eigenvalue weighted by atomic mass is 9.82. The quantitative estimate of drug-likeness (QED) is 0.569. The molecular weight excluding hydrogens is 331 g/mol. The highest BCUT2D eigenvalue weighted by Crippen LogP contribution is 2.52. The SMILES string of the molecule is [O-]C1(C(F)(F)F)C[C@]([O-])(C(F)(F)F)O[C@]([O-])(C(F)(F)F)C1. The van der Waals surface area contributed by atoms with Crippen molar-refractivity contribution >= 4 is 0 Å². The molecule has 0 aliphatic carbocycles. The molecule has 1 saturated heterocycles. The van der Waals surface area contributed by atoms with Gasteiger partial charge < -0.3 is 20.1 Å². The summed E-state index contributed by atoms with van der Waals surface area (Å²) in [6.07, 6.45) is -24.7. The molecule has 4 nitrogen and oxygen atoms in total. The lowest BCUT2D eigenvalue weighted by Gasteiger charge is -2.65. The first-order valence-electron chi connectivity index (χ1n) is 4.89. The molecular formula is C8H4F9O4-3. The van der Waals surface area contributed by atoms with Crippen LogP contribution in [0.15, 0.2) is 0 Å². The second-order valence-electron chi connectivity index (χ2n) is 4.45. The Morgan fingerprint density at radius 1 is 0.619 bits per heavy atom. The molecule has 3 atom stereocenters. The highest BCUT2D eigenvalue weighted by Gasteiger charge is 2.65. The molecule has 0 N–H and O–H groups in total. The monoisotopic (exact) mass is 335 g/mol. The minimum Gasteiger partial charge on any atom is -0.843 e. The molecule has 21 heavy (non-hydrogen) atoms. The first-order chi connectivity index (χ1) is 8.87. The summed E-state index contributed by atoms with van der Waals surface area (Å²) in [5.41, 5.74) is -5.04. The third-order valence-electron chi connectivity index (χ3n) is 2.75. The third-order valence-corrected chi connectivity index (χ3v) is 2.75. The zero-order chi connectivity index (χ0) is 17.1. The molecule has 0 amide bonds. The number of alkyl halides is 9. The molecule has 1 aliphatic rings. The van der Waals surface area contributed by atoms with Crippen LogP contribution in [0.3, 0.4) is 0 Å². The van der Waals surface area contributed by atoms with Gasteiger partial charge in [-0.05, 0) is 18.4 Å². The smallest absolute Gasteiger partial charge is 0.402 e. The average molecular weight is 335 g/mol. The van der Waals surface area contributed by atoms with E-state index in [0.717, 1.165) is 0 Å². The fraction of sp³-hybridized carbons (Fsp3) is 1.00. The van der Waals surface area contributed by atoms with Crippen molar-refractivity contribution in [3.05, 3.63) is 0 Å². The van der Waals surface area contributed by atoms with Crippen molar-refractivity contribution in [2.24, 2.45) is 0 Å². The lowest BCUT2D eigenvalue weighted by Crippen LogP contribution is -2.81. The third kappa shape index (κ3) is 2.91. The second kappa shape index (κ2) is 4.36. The highest BCUT2D eigenvalue weighted by molar-refractivity contribution is 5.02. The molecule has 0 aromatic heterocycles. The zero-order valence-corrected chi connectivity index (χ0v) is 9.45. The Kier molecular flexibility index (Phi) is 3.79. The van der Waals surface area contributed by atoms with Crippen LogP contribution in [0.5, 0.6) is 0 Å². The van der Waals surface area contributed by atoms with E-state index in [9.17, 15) is 54.8 Å². The normalized spacial score (nSPS) is 39.4. The van der Waals surface area contributed by atoms with Gasteiger partial charge >= 0.3 is 18.5 Å². The van der Waals surface area contributed by atoms with Crippen molar-refractivity contribution in [1.82, 2.24) is 0 Å². The molecule has 1 heterocycles. The lowest BCUT2D eigenvalue weighted by molar-refractivity contribution is -0.743. The van der Waals surface area contributed by atoms with Crippen molar-refractivity contribution in [3.63, 3.8) is 0 Å². The molecule has 0 radical (unpaired) electrons. The van der Waals surface area contributed by atoms with E-state index in [1.807, 2.05) is 0 Å². The number of hydrogen-bond donors (Lipinski definition) is 0. The van der Waals surface area contributed by atoms with Gasteiger partial charge in [0.1, 0.15) is 0 Å². The minimum atomic E-state index is -6.32. The van der Waals surface area contributed by atoms with E-state index in [0.29, 0.717) is 0 Å². The van der Waals surface area contributed by atoms with Crippen molar-refractivity contribution in [2.75, 3.05) is 0 Å². The molecule has 0 aromatic carbocycles. The van der Waals surface area contributed by atoms with Crippen LogP contribution in [0.2, 0.25) is 0 Å². The summed E-state index contributed by atoms with van der Waals surface area (Å²) in [7, 11) is 0. The van der Waals surface area contributed by atoms with Gasteiger partial charge in [-0.1, -0.05) is 0 Å².